The predicted octanol–water partition coefficient (Wildman–Crippen LogP) is 1.65. The number of carbonyl (C=O) groups excluding carboxylic acids is 2. The van der Waals surface area contributed by atoms with Gasteiger partial charge in [0, 0.05) is 21.5 Å². The van der Waals surface area contributed by atoms with Crippen molar-refractivity contribution < 1.29 is 55.5 Å². The summed E-state index contributed by atoms with van der Waals surface area (Å²) in [5.74, 6) is 10.4. The second kappa shape index (κ2) is 21.2. The van der Waals surface area contributed by atoms with Gasteiger partial charge in [0.05, 0.1) is 28.4 Å². The van der Waals surface area contributed by atoms with E-state index in [1.165, 1.54) is 52.7 Å². The highest BCUT2D eigenvalue weighted by atomic mass is 32.3. The van der Waals surface area contributed by atoms with Crippen LogP contribution >= 0.6 is 0 Å². The molecule has 10 N–H and O–H groups in total. The third-order valence-electron chi connectivity index (χ3n) is 6.81. The fourth-order valence-electron chi connectivity index (χ4n) is 4.29. The van der Waals surface area contributed by atoms with Crippen molar-refractivity contribution in [2.75, 3.05) is 28.4 Å². The van der Waals surface area contributed by atoms with E-state index in [0.717, 1.165) is 11.1 Å². The van der Waals surface area contributed by atoms with Crippen molar-refractivity contribution in [1.82, 2.24) is 10.0 Å². The van der Waals surface area contributed by atoms with E-state index in [1.807, 2.05) is 60.7 Å². The van der Waals surface area contributed by atoms with Crippen LogP contribution in [0.25, 0.3) is 0 Å². The Morgan fingerprint density at radius 3 is 1.15 bits per heavy atom. The number of nitrogens with two attached hydrogens (primary N) is 4. The van der Waals surface area contributed by atoms with Gasteiger partial charge in [-0.05, 0) is 35.4 Å². The molecule has 0 aliphatic rings. The molecule has 0 saturated heterocycles. The first kappa shape index (κ1) is 44.5. The third-order valence-corrected chi connectivity index (χ3v) is 6.81. The molecule has 0 bridgehead atoms. The van der Waals surface area contributed by atoms with Crippen molar-refractivity contribution in [1.29, 1.82) is 10.8 Å². The van der Waals surface area contributed by atoms with Crippen molar-refractivity contribution >= 4 is 34.1 Å². The van der Waals surface area contributed by atoms with Gasteiger partial charge in [-0.2, -0.15) is 0 Å². The SMILES string of the molecule is COc1cc(C(=O)N(N)C(=N)N)cc(OCc2ccccc2)c1OC.COc1cc(C(=O)N(N)C(=N)N)cc(OCc2ccccc2)c1OC.O=S(=O)([O-])[O-]. The number of hydrogen-bond acceptors (Lipinski definition) is 16. The van der Waals surface area contributed by atoms with Crippen molar-refractivity contribution in [2.24, 2.45) is 23.2 Å². The molecule has 0 saturated carbocycles. The van der Waals surface area contributed by atoms with Crippen LogP contribution in [0.2, 0.25) is 0 Å². The number of methoxy groups -OCH3 is 4. The predicted molar refractivity (Wildman–Crippen MR) is 196 cm³/mol. The first-order chi connectivity index (χ1) is 25.9. The summed E-state index contributed by atoms with van der Waals surface area (Å²) >= 11 is 0. The zero-order valence-electron chi connectivity index (χ0n) is 30.0. The number of amides is 2. The first-order valence-electron chi connectivity index (χ1n) is 15.3. The van der Waals surface area contributed by atoms with Gasteiger partial charge in [0.15, 0.2) is 23.0 Å². The summed E-state index contributed by atoms with van der Waals surface area (Å²) < 4.78 is 66.8. The minimum Gasteiger partial charge on any atom is -0.759 e. The highest BCUT2D eigenvalue weighted by Crippen LogP contribution is 2.40. The Morgan fingerprint density at radius 1 is 0.600 bits per heavy atom. The van der Waals surface area contributed by atoms with Gasteiger partial charge in [-0.1, -0.05) is 60.7 Å². The highest BCUT2D eigenvalue weighted by molar-refractivity contribution is 7.79. The highest BCUT2D eigenvalue weighted by Gasteiger charge is 2.23. The van der Waals surface area contributed by atoms with Crippen molar-refractivity contribution in [3.8, 4) is 34.5 Å². The van der Waals surface area contributed by atoms with Crippen LogP contribution in [0.15, 0.2) is 84.9 Å². The van der Waals surface area contributed by atoms with Gasteiger partial charge in [0.1, 0.15) is 13.2 Å². The second-order valence-corrected chi connectivity index (χ2v) is 11.3. The van der Waals surface area contributed by atoms with E-state index in [-0.39, 0.29) is 24.3 Å². The van der Waals surface area contributed by atoms with E-state index in [9.17, 15) is 9.59 Å². The van der Waals surface area contributed by atoms with Crippen LogP contribution in [0.3, 0.4) is 0 Å². The fourth-order valence-corrected chi connectivity index (χ4v) is 4.29. The van der Waals surface area contributed by atoms with Crippen LogP contribution < -0.4 is 51.6 Å². The topological polar surface area (TPSA) is 328 Å². The molecule has 0 aromatic heterocycles. The first-order valence-corrected chi connectivity index (χ1v) is 16.7. The monoisotopic (exact) mass is 784 g/mol. The molecule has 0 spiro atoms. The van der Waals surface area contributed by atoms with Gasteiger partial charge in [-0.15, -0.1) is 0 Å². The molecule has 0 radical (unpaired) electrons. The van der Waals surface area contributed by atoms with Gasteiger partial charge in [0.2, 0.25) is 23.4 Å². The summed E-state index contributed by atoms with van der Waals surface area (Å²) in [6.45, 7) is 0.550. The van der Waals surface area contributed by atoms with Crippen LogP contribution in [0.4, 0.5) is 0 Å². The van der Waals surface area contributed by atoms with E-state index in [0.29, 0.717) is 44.5 Å². The number of benzene rings is 4. The van der Waals surface area contributed by atoms with Crippen molar-refractivity contribution in [3.05, 3.63) is 107 Å². The van der Waals surface area contributed by atoms with Crippen LogP contribution in [0, 0.1) is 10.8 Å². The van der Waals surface area contributed by atoms with Crippen LogP contribution in [0.1, 0.15) is 31.8 Å². The molecule has 55 heavy (non-hydrogen) atoms. The summed E-state index contributed by atoms with van der Waals surface area (Å²) in [6.07, 6.45) is 0. The van der Waals surface area contributed by atoms with E-state index in [1.54, 1.807) is 0 Å². The minimum atomic E-state index is -5.17. The maximum atomic E-state index is 12.3. The fraction of sp³-hybridized carbons (Fsp3) is 0.176. The Morgan fingerprint density at radius 2 is 0.891 bits per heavy atom. The number of hydrogen-bond donors (Lipinski definition) is 6. The normalized spacial score (nSPS) is 10.2. The largest absolute Gasteiger partial charge is 0.759 e. The molecule has 0 heterocycles. The van der Waals surface area contributed by atoms with E-state index < -0.39 is 34.1 Å². The molecule has 0 aliphatic carbocycles. The number of nitrogens with zero attached hydrogens (tertiary/aromatic N) is 2. The van der Waals surface area contributed by atoms with Crippen molar-refractivity contribution in [3.63, 3.8) is 0 Å². The summed E-state index contributed by atoms with van der Waals surface area (Å²) in [7, 11) is 0.662. The molecule has 0 atom stereocenters. The van der Waals surface area contributed by atoms with Crippen molar-refractivity contribution in [2.45, 2.75) is 13.2 Å². The maximum absolute atomic E-state index is 12.3. The summed E-state index contributed by atoms with van der Waals surface area (Å²) in [6, 6.07) is 24.9. The average molecular weight is 785 g/mol. The zero-order valence-corrected chi connectivity index (χ0v) is 30.8. The smallest absolute Gasteiger partial charge is 0.275 e. The van der Waals surface area contributed by atoms with Gasteiger partial charge >= 0.3 is 0 Å². The molecule has 0 aliphatic heterocycles. The molecular weight excluding hydrogens is 744 g/mol. The Hall–Kier alpha value is -6.65. The van der Waals surface area contributed by atoms with E-state index >= 15 is 0 Å². The third kappa shape index (κ3) is 14.0. The number of ether oxygens (including phenoxy) is 6. The molecule has 4 aromatic carbocycles. The van der Waals surface area contributed by atoms with E-state index in [2.05, 4.69) is 0 Å². The molecular formula is C34H40N8O12S-2. The Labute approximate surface area is 316 Å². The summed E-state index contributed by atoms with van der Waals surface area (Å²) in [4.78, 5) is 24.6. The Kier molecular flexibility index (Phi) is 17.1. The number of guanidine groups is 2. The molecule has 2 amide bonds. The number of hydrazine groups is 2. The van der Waals surface area contributed by atoms with Gasteiger partial charge in [0.25, 0.3) is 11.8 Å². The number of rotatable bonds is 12. The lowest BCUT2D eigenvalue weighted by Gasteiger charge is -2.18. The van der Waals surface area contributed by atoms with Crippen LogP contribution in [-0.4, -0.2) is 79.7 Å². The Bertz CT molecular complexity index is 1900. The van der Waals surface area contributed by atoms with Gasteiger partial charge in [-0.3, -0.25) is 28.8 Å². The lowest BCUT2D eigenvalue weighted by Crippen LogP contribution is -2.46. The van der Waals surface area contributed by atoms with Gasteiger partial charge in [-0.25, -0.2) is 21.7 Å². The molecule has 4 aromatic rings. The standard InChI is InChI=1S/2C17H20N4O4.H2O4S/c2*1-23-13-8-12(16(22)21(20)17(18)19)9-14(15(13)24-2)25-10-11-6-4-3-5-7-11;1-5(2,3)4/h2*3-9H,10,20H2,1-2H3,(H3,18,19);(H2,1,2,3,4)/p-2. The second-order valence-electron chi connectivity index (χ2n) is 10.5. The molecule has 21 heteroatoms. The Balaban J connectivity index is 0.000000338. The van der Waals surface area contributed by atoms with Gasteiger partial charge < -0.3 is 49.0 Å². The molecule has 4 rings (SSSR count). The molecule has 296 valence electrons. The summed E-state index contributed by atoms with van der Waals surface area (Å²) in [5, 5.41) is 15.6. The van der Waals surface area contributed by atoms with E-state index in [4.69, 9.17) is 79.9 Å². The lowest BCUT2D eigenvalue weighted by atomic mass is 10.1. The molecule has 20 nitrogen and oxygen atoms in total. The summed E-state index contributed by atoms with van der Waals surface area (Å²) in [5.41, 5.74) is 12.7. The average Bonchev–Trinajstić information content (AvgIpc) is 3.17. The number of carbonyl (C=O) groups is 2. The number of nitrogens with one attached hydrogen (secondary N) is 2. The molecule has 0 unspecified atom stereocenters. The minimum absolute atomic E-state index is 0.151. The van der Waals surface area contributed by atoms with Crippen LogP contribution in [-0.2, 0) is 23.6 Å². The molecule has 0 fully saturated rings. The zero-order chi connectivity index (χ0) is 41.3. The quantitative estimate of drug-likeness (QED) is 0.0226. The van der Waals surface area contributed by atoms with Crippen LogP contribution in [0.5, 0.6) is 34.5 Å². The lowest BCUT2D eigenvalue weighted by molar-refractivity contribution is 0.0836. The maximum Gasteiger partial charge on any atom is 0.275 e.